The first-order valence-corrected chi connectivity index (χ1v) is 8.53. The normalized spacial score (nSPS) is 18.9. The summed E-state index contributed by atoms with van der Waals surface area (Å²) in [6.45, 7) is 9.09. The van der Waals surface area contributed by atoms with Gasteiger partial charge < -0.3 is 15.1 Å². The number of hydrogen-bond acceptors (Lipinski definition) is 3. The van der Waals surface area contributed by atoms with Crippen LogP contribution < -0.4 is 10.2 Å². The molecule has 3 heteroatoms. The summed E-state index contributed by atoms with van der Waals surface area (Å²) < 4.78 is 0. The second-order valence-electron chi connectivity index (χ2n) is 6.19. The molecule has 0 bridgehead atoms. The first-order valence-electron chi connectivity index (χ1n) is 8.53. The maximum Gasteiger partial charge on any atom is 0.0367 e. The average molecular weight is 289 g/mol. The third kappa shape index (κ3) is 4.63. The highest BCUT2D eigenvalue weighted by molar-refractivity contribution is 5.55. The van der Waals surface area contributed by atoms with E-state index in [2.05, 4.69) is 60.3 Å². The molecule has 3 nitrogen and oxygen atoms in total. The Bertz CT molecular complexity index is 395. The molecular formula is C18H31N3. The zero-order valence-corrected chi connectivity index (χ0v) is 13.9. The molecule has 0 spiro atoms. The highest BCUT2D eigenvalue weighted by Crippen LogP contribution is 2.20. The van der Waals surface area contributed by atoms with Gasteiger partial charge in [-0.05, 0) is 63.5 Å². The van der Waals surface area contributed by atoms with Crippen molar-refractivity contribution < 1.29 is 0 Å². The summed E-state index contributed by atoms with van der Waals surface area (Å²) in [6.07, 6.45) is 5.06. The van der Waals surface area contributed by atoms with E-state index in [1.54, 1.807) is 0 Å². The van der Waals surface area contributed by atoms with Gasteiger partial charge >= 0.3 is 0 Å². The van der Waals surface area contributed by atoms with Gasteiger partial charge in [0.15, 0.2) is 0 Å². The van der Waals surface area contributed by atoms with Gasteiger partial charge in [-0.25, -0.2) is 0 Å². The zero-order valence-electron chi connectivity index (χ0n) is 13.9. The summed E-state index contributed by atoms with van der Waals surface area (Å²) >= 11 is 0. The Morgan fingerprint density at radius 2 is 1.81 bits per heavy atom. The largest absolute Gasteiger partial charge is 0.383 e. The molecule has 118 valence electrons. The van der Waals surface area contributed by atoms with Gasteiger partial charge in [-0.3, -0.25) is 0 Å². The van der Waals surface area contributed by atoms with Crippen molar-refractivity contribution in [2.45, 2.75) is 45.6 Å². The number of anilines is 2. The van der Waals surface area contributed by atoms with E-state index in [0.717, 1.165) is 19.6 Å². The van der Waals surface area contributed by atoms with Crippen LogP contribution in [0.1, 0.15) is 39.5 Å². The zero-order chi connectivity index (χ0) is 15.1. The molecule has 0 saturated carbocycles. The maximum absolute atomic E-state index is 3.59. The lowest BCUT2D eigenvalue weighted by molar-refractivity contribution is 0.322. The van der Waals surface area contributed by atoms with Crippen LogP contribution in [0.5, 0.6) is 0 Å². The van der Waals surface area contributed by atoms with Crippen LogP contribution in [0.25, 0.3) is 0 Å². The topological polar surface area (TPSA) is 18.5 Å². The summed E-state index contributed by atoms with van der Waals surface area (Å²) in [5.74, 6) is 0. The van der Waals surface area contributed by atoms with Crippen LogP contribution in [0.2, 0.25) is 0 Å². The van der Waals surface area contributed by atoms with Crippen molar-refractivity contribution in [3.63, 3.8) is 0 Å². The third-order valence-corrected chi connectivity index (χ3v) is 4.43. The van der Waals surface area contributed by atoms with Crippen molar-refractivity contribution >= 4 is 11.4 Å². The van der Waals surface area contributed by atoms with Gasteiger partial charge in [-0.2, -0.15) is 0 Å². The quantitative estimate of drug-likeness (QED) is 0.785. The highest BCUT2D eigenvalue weighted by Gasteiger charge is 2.20. The van der Waals surface area contributed by atoms with Gasteiger partial charge in [-0.15, -0.1) is 0 Å². The van der Waals surface area contributed by atoms with Crippen LogP contribution in [0.15, 0.2) is 24.3 Å². The Kier molecular flexibility index (Phi) is 6.37. The predicted molar refractivity (Wildman–Crippen MR) is 93.4 cm³/mol. The lowest BCUT2D eigenvalue weighted by Gasteiger charge is -2.24. The molecule has 1 N–H and O–H groups in total. The van der Waals surface area contributed by atoms with Gasteiger partial charge in [0, 0.05) is 37.1 Å². The van der Waals surface area contributed by atoms with Crippen LogP contribution >= 0.6 is 0 Å². The highest BCUT2D eigenvalue weighted by atomic mass is 15.2. The summed E-state index contributed by atoms with van der Waals surface area (Å²) in [7, 11) is 2.23. The van der Waals surface area contributed by atoms with Crippen LogP contribution in [0.3, 0.4) is 0 Å². The maximum atomic E-state index is 3.59. The monoisotopic (exact) mass is 289 g/mol. The molecule has 0 aromatic heterocycles. The molecule has 1 aromatic rings. The molecule has 1 unspecified atom stereocenters. The lowest BCUT2D eigenvalue weighted by Crippen LogP contribution is -2.31. The minimum Gasteiger partial charge on any atom is -0.383 e. The summed E-state index contributed by atoms with van der Waals surface area (Å²) in [4.78, 5) is 4.94. The number of nitrogens with one attached hydrogen (secondary N) is 1. The Hall–Kier alpha value is -1.22. The summed E-state index contributed by atoms with van der Waals surface area (Å²) in [5.41, 5.74) is 2.59. The van der Waals surface area contributed by atoms with E-state index in [4.69, 9.17) is 0 Å². The minimum atomic E-state index is 0.696. The molecule has 1 saturated heterocycles. The second-order valence-corrected chi connectivity index (χ2v) is 6.19. The average Bonchev–Trinajstić information content (AvgIpc) is 2.91. The first kappa shape index (κ1) is 16.2. The van der Waals surface area contributed by atoms with E-state index in [0.29, 0.717) is 6.04 Å². The first-order chi connectivity index (χ1) is 10.2. The number of nitrogens with zero attached hydrogens (tertiary/aromatic N) is 2. The Morgan fingerprint density at radius 3 is 2.33 bits per heavy atom. The fraction of sp³-hybridized carbons (Fsp3) is 0.667. The minimum absolute atomic E-state index is 0.696. The number of benzene rings is 1. The lowest BCUT2D eigenvalue weighted by atomic mass is 10.2. The van der Waals surface area contributed by atoms with Crippen molar-refractivity contribution in [3.05, 3.63) is 24.3 Å². The molecule has 0 radical (unpaired) electrons. The van der Waals surface area contributed by atoms with Crippen LogP contribution in [0, 0.1) is 0 Å². The Morgan fingerprint density at radius 1 is 1.14 bits per heavy atom. The standard InChI is InChI=1S/C18H31N3/c1-4-12-21(13-5-2)17-10-8-16(9-11-17)19-15-18-7-6-14-20(18)3/h8-11,18-19H,4-7,12-15H2,1-3H3. The fourth-order valence-electron chi connectivity index (χ4n) is 3.17. The molecule has 1 heterocycles. The Labute approximate surface area is 130 Å². The van der Waals surface area contributed by atoms with E-state index in [9.17, 15) is 0 Å². The molecule has 2 rings (SSSR count). The summed E-state index contributed by atoms with van der Waals surface area (Å²) in [5, 5.41) is 3.59. The van der Waals surface area contributed by atoms with E-state index in [-0.39, 0.29) is 0 Å². The third-order valence-electron chi connectivity index (χ3n) is 4.43. The molecule has 1 atom stereocenters. The Balaban J connectivity index is 1.88. The van der Waals surface area contributed by atoms with Crippen molar-refractivity contribution in [2.75, 3.05) is 43.4 Å². The molecule has 1 fully saturated rings. The number of likely N-dealkylation sites (tertiary alicyclic amines) is 1. The molecular weight excluding hydrogens is 258 g/mol. The summed E-state index contributed by atoms with van der Waals surface area (Å²) in [6, 6.07) is 9.66. The van der Waals surface area contributed by atoms with Crippen molar-refractivity contribution in [2.24, 2.45) is 0 Å². The van der Waals surface area contributed by atoms with Gasteiger partial charge in [0.2, 0.25) is 0 Å². The van der Waals surface area contributed by atoms with E-state index in [1.165, 1.54) is 43.6 Å². The SMILES string of the molecule is CCCN(CCC)c1ccc(NCC2CCCN2C)cc1. The van der Waals surface area contributed by atoms with E-state index >= 15 is 0 Å². The smallest absolute Gasteiger partial charge is 0.0367 e. The van der Waals surface area contributed by atoms with E-state index in [1.807, 2.05) is 0 Å². The van der Waals surface area contributed by atoms with Crippen molar-refractivity contribution in [1.29, 1.82) is 0 Å². The molecule has 0 aliphatic carbocycles. The molecule has 1 aliphatic rings. The molecule has 21 heavy (non-hydrogen) atoms. The predicted octanol–water partition coefficient (Wildman–Crippen LogP) is 3.82. The molecule has 1 aromatic carbocycles. The number of likely N-dealkylation sites (N-methyl/N-ethyl adjacent to an activating group) is 1. The second kappa shape index (κ2) is 8.28. The number of hydrogen-bond donors (Lipinski definition) is 1. The van der Waals surface area contributed by atoms with Crippen LogP contribution in [-0.2, 0) is 0 Å². The van der Waals surface area contributed by atoms with Gasteiger partial charge in [0.1, 0.15) is 0 Å². The van der Waals surface area contributed by atoms with Crippen molar-refractivity contribution in [3.8, 4) is 0 Å². The molecule has 0 amide bonds. The van der Waals surface area contributed by atoms with Crippen LogP contribution in [0.4, 0.5) is 11.4 Å². The van der Waals surface area contributed by atoms with Crippen LogP contribution in [-0.4, -0.2) is 44.2 Å². The number of rotatable bonds is 8. The van der Waals surface area contributed by atoms with Gasteiger partial charge in [0.25, 0.3) is 0 Å². The molecule has 1 aliphatic heterocycles. The van der Waals surface area contributed by atoms with Gasteiger partial charge in [-0.1, -0.05) is 13.8 Å². The fourth-order valence-corrected chi connectivity index (χ4v) is 3.17. The van der Waals surface area contributed by atoms with Crippen molar-refractivity contribution in [1.82, 2.24) is 4.90 Å². The van der Waals surface area contributed by atoms with E-state index < -0.39 is 0 Å². The van der Waals surface area contributed by atoms with Gasteiger partial charge in [0.05, 0.1) is 0 Å².